The van der Waals surface area contributed by atoms with Crippen LogP contribution in [0.25, 0.3) is 44.0 Å². The molecule has 8 rings (SSSR count). The predicted octanol–water partition coefficient (Wildman–Crippen LogP) is 11.6. The van der Waals surface area contributed by atoms with Gasteiger partial charge in [-0.15, -0.1) is 11.3 Å². The summed E-state index contributed by atoms with van der Waals surface area (Å²) in [6.45, 7) is 0.606. The minimum Gasteiger partial charge on any atom is -0.485 e. The molecule has 0 radical (unpaired) electrons. The quantitative estimate of drug-likeness (QED) is 0.118. The largest absolute Gasteiger partial charge is 0.485 e. The van der Waals surface area contributed by atoms with Crippen molar-refractivity contribution in [3.63, 3.8) is 0 Å². The van der Waals surface area contributed by atoms with Crippen molar-refractivity contribution < 1.29 is 24.1 Å². The van der Waals surface area contributed by atoms with E-state index in [1.54, 1.807) is 49.1 Å². The molecular formula is C47H34N2O5S. The number of hydrogen-bond acceptors (Lipinski definition) is 7. The normalized spacial score (nSPS) is 11.3. The molecule has 0 saturated heterocycles. The van der Waals surface area contributed by atoms with Crippen LogP contribution in [0.4, 0.5) is 0 Å². The van der Waals surface area contributed by atoms with Gasteiger partial charge in [-0.1, -0.05) is 109 Å². The second kappa shape index (κ2) is 16.3. The molecule has 5 aromatic carbocycles. The van der Waals surface area contributed by atoms with E-state index in [2.05, 4.69) is 82.8 Å². The van der Waals surface area contributed by atoms with Crippen LogP contribution in [0.1, 0.15) is 21.6 Å². The fourth-order valence-corrected chi connectivity index (χ4v) is 7.24. The highest BCUT2D eigenvalue weighted by atomic mass is 32.1. The highest BCUT2D eigenvalue weighted by Gasteiger charge is 2.21. The Balaban J connectivity index is 1.17. The summed E-state index contributed by atoms with van der Waals surface area (Å²) in [5.41, 5.74) is 7.17. The highest BCUT2D eigenvalue weighted by molar-refractivity contribution is 7.20. The summed E-state index contributed by atoms with van der Waals surface area (Å²) < 4.78 is 20.4. The lowest BCUT2D eigenvalue weighted by Gasteiger charge is -2.15. The summed E-state index contributed by atoms with van der Waals surface area (Å²) in [6.07, 6.45) is 8.07. The molecule has 0 aliphatic carbocycles. The van der Waals surface area contributed by atoms with Gasteiger partial charge in [0.25, 0.3) is 0 Å². The number of pyridine rings is 2. The number of fused-ring (bicyclic) bond motifs is 1. The highest BCUT2D eigenvalue weighted by Crippen LogP contribution is 2.47. The van der Waals surface area contributed by atoms with Crippen molar-refractivity contribution in [2.75, 3.05) is 0 Å². The van der Waals surface area contributed by atoms with Crippen LogP contribution >= 0.6 is 11.3 Å². The number of thiophene rings is 1. The first-order valence-corrected chi connectivity index (χ1v) is 18.5. The third-order valence-corrected chi connectivity index (χ3v) is 10.1. The van der Waals surface area contributed by atoms with E-state index in [9.17, 15) is 9.90 Å². The molecule has 55 heavy (non-hydrogen) atoms. The molecule has 8 heteroatoms. The van der Waals surface area contributed by atoms with Gasteiger partial charge in [-0.3, -0.25) is 9.97 Å². The molecular weight excluding hydrogens is 705 g/mol. The Kier molecular flexibility index (Phi) is 10.4. The topological polar surface area (TPSA) is 90.8 Å². The lowest BCUT2D eigenvalue weighted by Crippen LogP contribution is -2.01. The molecule has 3 heterocycles. The van der Waals surface area contributed by atoms with E-state index >= 15 is 0 Å². The first kappa shape index (κ1) is 35.0. The molecule has 268 valence electrons. The Labute approximate surface area is 322 Å². The fourth-order valence-electron chi connectivity index (χ4n) is 6.15. The minimum absolute atomic E-state index is 0.107. The Morgan fingerprint density at radius 3 is 1.73 bits per heavy atom. The third kappa shape index (κ3) is 8.30. The van der Waals surface area contributed by atoms with Crippen LogP contribution < -0.4 is 14.2 Å². The first-order chi connectivity index (χ1) is 27.1. The van der Waals surface area contributed by atoms with E-state index in [1.807, 2.05) is 54.6 Å². The monoisotopic (exact) mass is 738 g/mol. The van der Waals surface area contributed by atoms with Gasteiger partial charge in [0, 0.05) is 34.7 Å². The zero-order valence-corrected chi connectivity index (χ0v) is 30.4. The Morgan fingerprint density at radius 1 is 0.618 bits per heavy atom. The smallest absolute Gasteiger partial charge is 0.336 e. The van der Waals surface area contributed by atoms with Crippen molar-refractivity contribution in [3.05, 3.63) is 192 Å². The van der Waals surface area contributed by atoms with Crippen LogP contribution in [0.3, 0.4) is 0 Å². The Bertz CT molecular complexity index is 2560. The molecule has 8 aromatic rings. The molecule has 0 spiro atoms. The van der Waals surface area contributed by atoms with E-state index in [1.165, 1.54) is 11.3 Å². The lowest BCUT2D eigenvalue weighted by molar-refractivity contribution is -0.130. The summed E-state index contributed by atoms with van der Waals surface area (Å²) in [7, 11) is 0. The van der Waals surface area contributed by atoms with E-state index in [0.717, 1.165) is 43.5 Å². The number of rotatable bonds is 13. The van der Waals surface area contributed by atoms with Gasteiger partial charge in [0.1, 0.15) is 19.0 Å². The third-order valence-electron chi connectivity index (χ3n) is 9.00. The van der Waals surface area contributed by atoms with Crippen LogP contribution in [-0.4, -0.2) is 21.0 Å². The minimum atomic E-state index is -1.07. The van der Waals surface area contributed by atoms with Crippen LogP contribution in [0.5, 0.6) is 23.0 Å². The maximum atomic E-state index is 12.6. The van der Waals surface area contributed by atoms with Crippen LogP contribution in [0, 0.1) is 0 Å². The van der Waals surface area contributed by atoms with Gasteiger partial charge in [-0.05, 0) is 75.4 Å². The number of benzene rings is 5. The molecule has 0 unspecified atom stereocenters. The number of hydrogen-bond donors (Lipinski definition) is 1. The van der Waals surface area contributed by atoms with E-state index in [-0.39, 0.29) is 5.57 Å². The van der Waals surface area contributed by atoms with Gasteiger partial charge in [0.15, 0.2) is 17.2 Å². The number of aromatic nitrogens is 2. The second-order valence-corrected chi connectivity index (χ2v) is 13.8. The maximum Gasteiger partial charge on any atom is 0.336 e. The summed E-state index contributed by atoms with van der Waals surface area (Å²) >= 11 is 1.41. The fraction of sp³-hybridized carbons (Fsp3) is 0.0426. The van der Waals surface area contributed by atoms with Gasteiger partial charge < -0.3 is 19.3 Å². The van der Waals surface area contributed by atoms with E-state index < -0.39 is 5.97 Å². The standard InChI is InChI=1S/C47H34N2O5S/c50-47(51)40(38-21-24-48-25-22-38)27-45-46(54-39-12-7-23-49-29-39)41-26-42(52-30-32-13-17-36(18-14-32)34-8-3-1-4-9-34)43(28-44(41)55-45)53-31-33-15-19-37(20-16-33)35-10-5-2-6-11-35/h1-29H,30-31H2,(H,50,51)/b40-27+. The predicted molar refractivity (Wildman–Crippen MR) is 218 cm³/mol. The molecule has 0 aliphatic heterocycles. The zero-order chi connectivity index (χ0) is 37.4. The van der Waals surface area contributed by atoms with E-state index in [4.69, 9.17) is 14.2 Å². The van der Waals surface area contributed by atoms with Gasteiger partial charge in [0.05, 0.1) is 16.6 Å². The number of carbonyl (C=O) groups is 1. The zero-order valence-electron chi connectivity index (χ0n) is 29.5. The second-order valence-electron chi connectivity index (χ2n) is 12.7. The summed E-state index contributed by atoms with van der Waals surface area (Å²) in [5.74, 6) is 1.01. The first-order valence-electron chi connectivity index (χ1n) is 17.7. The Morgan fingerprint density at radius 2 is 1.18 bits per heavy atom. The SMILES string of the molecule is O=C(O)/C(=C/c1sc2cc(OCc3ccc(-c4ccccc4)cc3)c(OCc3ccc(-c4ccccc4)cc3)cc2c1Oc1cccnc1)c1ccncc1. The molecule has 0 amide bonds. The van der Waals surface area contributed by atoms with Crippen molar-refractivity contribution in [2.45, 2.75) is 13.2 Å². The lowest BCUT2D eigenvalue weighted by atomic mass is 10.0. The summed E-state index contributed by atoms with van der Waals surface area (Å²) in [5, 5.41) is 11.0. The summed E-state index contributed by atoms with van der Waals surface area (Å²) in [6, 6.07) is 47.9. The molecule has 0 aliphatic rings. The average molecular weight is 739 g/mol. The molecule has 3 aromatic heterocycles. The van der Waals surface area contributed by atoms with Crippen molar-refractivity contribution >= 4 is 39.0 Å². The van der Waals surface area contributed by atoms with Crippen molar-refractivity contribution in [2.24, 2.45) is 0 Å². The number of ether oxygens (including phenoxy) is 3. The van der Waals surface area contributed by atoms with Gasteiger partial charge in [-0.2, -0.15) is 0 Å². The van der Waals surface area contributed by atoms with Gasteiger partial charge in [-0.25, -0.2) is 4.79 Å². The van der Waals surface area contributed by atoms with Crippen LogP contribution in [-0.2, 0) is 18.0 Å². The summed E-state index contributed by atoms with van der Waals surface area (Å²) in [4.78, 5) is 21.5. The van der Waals surface area contributed by atoms with Gasteiger partial charge >= 0.3 is 5.97 Å². The molecule has 1 N–H and O–H groups in total. The average Bonchev–Trinajstić information content (AvgIpc) is 3.57. The molecule has 0 bridgehead atoms. The Hall–Kier alpha value is -7.03. The molecule has 0 fully saturated rings. The molecule has 7 nitrogen and oxygen atoms in total. The van der Waals surface area contributed by atoms with E-state index in [0.29, 0.717) is 46.7 Å². The number of carboxylic acid groups (broad SMARTS) is 1. The number of aliphatic carboxylic acids is 1. The van der Waals surface area contributed by atoms with Crippen LogP contribution in [0.2, 0.25) is 0 Å². The van der Waals surface area contributed by atoms with Crippen LogP contribution in [0.15, 0.2) is 170 Å². The van der Waals surface area contributed by atoms with Crippen molar-refractivity contribution in [1.82, 2.24) is 9.97 Å². The molecule has 0 atom stereocenters. The van der Waals surface area contributed by atoms with Crippen molar-refractivity contribution in [1.29, 1.82) is 0 Å². The maximum absolute atomic E-state index is 12.6. The van der Waals surface area contributed by atoms with Gasteiger partial charge in [0.2, 0.25) is 0 Å². The number of nitrogens with zero attached hydrogens (tertiary/aromatic N) is 2. The van der Waals surface area contributed by atoms with Crippen molar-refractivity contribution in [3.8, 4) is 45.3 Å². The molecule has 0 saturated carbocycles. The number of carboxylic acids is 1.